The topological polar surface area (TPSA) is 0 Å². The largest absolute Gasteiger partial charge is 0.0628 e. The number of hydrogen-bond donors (Lipinski definition) is 0. The van der Waals surface area contributed by atoms with E-state index >= 15 is 0 Å². The van der Waals surface area contributed by atoms with Gasteiger partial charge in [-0.15, -0.1) is 0 Å². The van der Waals surface area contributed by atoms with Crippen molar-refractivity contribution in [3.63, 3.8) is 0 Å². The van der Waals surface area contributed by atoms with Crippen LogP contribution in [0.3, 0.4) is 0 Å². The van der Waals surface area contributed by atoms with Crippen LogP contribution in [0.2, 0.25) is 5.54 Å². The van der Waals surface area contributed by atoms with Crippen molar-refractivity contribution in [2.24, 2.45) is 5.92 Å². The Labute approximate surface area is 198 Å². The maximum absolute atomic E-state index is 2.45. The van der Waals surface area contributed by atoms with Crippen LogP contribution in [0.4, 0.5) is 0 Å². The van der Waals surface area contributed by atoms with E-state index in [1.165, 1.54) is 34.2 Å². The lowest BCUT2D eigenvalue weighted by atomic mass is 9.90. The molecule has 1 heterocycles. The Hall–Kier alpha value is -3.03. The molecule has 4 aliphatic rings. The van der Waals surface area contributed by atoms with Gasteiger partial charge in [0.15, 0.2) is 0 Å². The maximum atomic E-state index is 2.45. The van der Waals surface area contributed by atoms with E-state index in [1.54, 1.807) is 32.3 Å². The van der Waals surface area contributed by atoms with Gasteiger partial charge in [-0.2, -0.15) is 0 Å². The van der Waals surface area contributed by atoms with Crippen molar-refractivity contribution < 1.29 is 0 Å². The molecule has 0 nitrogen and oxygen atoms in total. The summed E-state index contributed by atoms with van der Waals surface area (Å²) in [6.07, 6.45) is 1.36. The van der Waals surface area contributed by atoms with E-state index in [4.69, 9.17) is 0 Å². The van der Waals surface area contributed by atoms with Crippen molar-refractivity contribution in [2.45, 2.75) is 38.7 Å². The van der Waals surface area contributed by atoms with Gasteiger partial charge in [-0.1, -0.05) is 74.5 Å². The SMILES string of the molecule is Cc1c2c3c(-c4cc(-c5ccccc5)cc(-c5ccccc5)c4)c4c1=[SiH]C(CC(C)C)C=4C23. The van der Waals surface area contributed by atoms with Crippen molar-refractivity contribution in [3.8, 4) is 33.4 Å². The van der Waals surface area contributed by atoms with E-state index in [0.29, 0.717) is 15.0 Å². The van der Waals surface area contributed by atoms with Crippen LogP contribution in [-0.2, 0) is 0 Å². The molecule has 4 aromatic carbocycles. The van der Waals surface area contributed by atoms with Crippen LogP contribution < -0.4 is 5.22 Å². The lowest BCUT2D eigenvalue weighted by Gasteiger charge is -2.15. The van der Waals surface area contributed by atoms with E-state index in [-0.39, 0.29) is 0 Å². The van der Waals surface area contributed by atoms with Gasteiger partial charge >= 0.3 is 0 Å². The molecule has 0 spiro atoms. The molecule has 33 heavy (non-hydrogen) atoms. The molecule has 0 radical (unpaired) electrons. The van der Waals surface area contributed by atoms with Gasteiger partial charge in [0, 0.05) is 15.0 Å². The van der Waals surface area contributed by atoms with Gasteiger partial charge in [0.1, 0.15) is 0 Å². The number of rotatable bonds is 5. The molecular weight excluding hydrogens is 412 g/mol. The second kappa shape index (κ2) is 6.98. The summed E-state index contributed by atoms with van der Waals surface area (Å²) in [6, 6.07) is 29.0. The maximum Gasteiger partial charge on any atom is 0.0326 e. The summed E-state index contributed by atoms with van der Waals surface area (Å²) in [6.45, 7) is 7.19. The Morgan fingerprint density at radius 3 is 1.88 bits per heavy atom. The molecule has 1 aliphatic heterocycles. The Kier molecular flexibility index (Phi) is 4.11. The van der Waals surface area contributed by atoms with Crippen LogP contribution in [0.15, 0.2) is 78.9 Å². The Balaban J connectivity index is 1.48. The molecule has 6 bridgehead atoms. The second-order valence-electron chi connectivity index (χ2n) is 10.4. The molecule has 3 aliphatic carbocycles. The third kappa shape index (κ3) is 2.79. The van der Waals surface area contributed by atoms with E-state index in [2.05, 4.69) is 99.6 Å². The minimum atomic E-state index is 0.371. The molecule has 0 amide bonds. The molecule has 1 heteroatoms. The Morgan fingerprint density at radius 2 is 1.30 bits per heavy atom. The summed E-state index contributed by atoms with van der Waals surface area (Å²) < 4.78 is 0. The highest BCUT2D eigenvalue weighted by Crippen LogP contribution is 2.63. The quantitative estimate of drug-likeness (QED) is 0.289. The van der Waals surface area contributed by atoms with Gasteiger partial charge in [0.25, 0.3) is 0 Å². The summed E-state index contributed by atoms with van der Waals surface area (Å²) in [4.78, 5) is 1.74. The van der Waals surface area contributed by atoms with Crippen LogP contribution in [0.25, 0.3) is 39.0 Å². The first-order valence-corrected chi connectivity index (χ1v) is 13.5. The third-order valence-electron chi connectivity index (χ3n) is 7.91. The molecule has 0 N–H and O–H groups in total. The van der Waals surface area contributed by atoms with Crippen molar-refractivity contribution >= 4 is 14.7 Å². The van der Waals surface area contributed by atoms with Gasteiger partial charge in [-0.05, 0) is 109 Å². The van der Waals surface area contributed by atoms with E-state index in [0.717, 1.165) is 11.5 Å². The summed E-state index contributed by atoms with van der Waals surface area (Å²) >= 11 is 0. The van der Waals surface area contributed by atoms with Gasteiger partial charge in [-0.25, -0.2) is 0 Å². The first kappa shape index (κ1) is 19.4. The second-order valence-corrected chi connectivity index (χ2v) is 12.2. The summed E-state index contributed by atoms with van der Waals surface area (Å²) in [5.41, 5.74) is 15.9. The molecule has 4 aromatic rings. The average molecular weight is 441 g/mol. The molecule has 160 valence electrons. The lowest BCUT2D eigenvalue weighted by molar-refractivity contribution is 0.595. The summed E-state index contributed by atoms with van der Waals surface area (Å²) in [5.74, 6) is 1.44. The first-order valence-electron chi connectivity index (χ1n) is 12.3. The van der Waals surface area contributed by atoms with Crippen LogP contribution in [0.1, 0.15) is 42.9 Å². The fourth-order valence-electron chi connectivity index (χ4n) is 6.54. The van der Waals surface area contributed by atoms with Gasteiger partial charge < -0.3 is 0 Å². The summed E-state index contributed by atoms with van der Waals surface area (Å²) in [5, 5.41) is 1.67. The molecule has 0 aromatic heterocycles. The van der Waals surface area contributed by atoms with Crippen molar-refractivity contribution in [1.82, 2.24) is 0 Å². The van der Waals surface area contributed by atoms with Gasteiger partial charge in [-0.3, -0.25) is 0 Å². The van der Waals surface area contributed by atoms with E-state index < -0.39 is 0 Å². The highest BCUT2D eigenvalue weighted by molar-refractivity contribution is 6.37. The fraction of sp³-hybridized carbons (Fsp3) is 0.219. The molecule has 2 unspecified atom stereocenters. The lowest BCUT2D eigenvalue weighted by Crippen LogP contribution is -2.11. The van der Waals surface area contributed by atoms with Crippen LogP contribution >= 0.6 is 0 Å². The van der Waals surface area contributed by atoms with E-state index in [1.807, 2.05) is 5.57 Å². The average Bonchev–Trinajstić information content (AvgIpc) is 3.36. The Bertz CT molecular complexity index is 1500. The predicted molar refractivity (Wildman–Crippen MR) is 142 cm³/mol. The highest BCUT2D eigenvalue weighted by atomic mass is 28.2. The first-order chi connectivity index (χ1) is 16.1. The number of hydrogen-bond acceptors (Lipinski definition) is 0. The fourth-order valence-corrected chi connectivity index (χ4v) is 9.05. The zero-order valence-electron chi connectivity index (χ0n) is 19.5. The summed E-state index contributed by atoms with van der Waals surface area (Å²) in [7, 11) is 0.371. The Morgan fingerprint density at radius 1 is 0.727 bits per heavy atom. The molecule has 2 atom stereocenters. The molecular formula is C32H28Si. The third-order valence-corrected chi connectivity index (χ3v) is 10.00. The van der Waals surface area contributed by atoms with Crippen molar-refractivity contribution in [3.05, 3.63) is 106 Å². The monoisotopic (exact) mass is 440 g/mol. The van der Waals surface area contributed by atoms with Crippen LogP contribution in [-0.4, -0.2) is 9.13 Å². The molecule has 0 fully saturated rings. The van der Waals surface area contributed by atoms with Crippen LogP contribution in [0, 0.1) is 17.7 Å². The number of benzene rings is 4. The molecule has 8 rings (SSSR count). The van der Waals surface area contributed by atoms with E-state index in [9.17, 15) is 0 Å². The zero-order chi connectivity index (χ0) is 22.3. The minimum absolute atomic E-state index is 0.371. The van der Waals surface area contributed by atoms with Crippen molar-refractivity contribution in [2.75, 3.05) is 0 Å². The predicted octanol–water partition coefficient (Wildman–Crippen LogP) is 7.14. The van der Waals surface area contributed by atoms with Crippen molar-refractivity contribution in [1.29, 1.82) is 0 Å². The normalized spacial score (nSPS) is 18.7. The van der Waals surface area contributed by atoms with Gasteiger partial charge in [0.2, 0.25) is 0 Å². The van der Waals surface area contributed by atoms with Crippen LogP contribution in [0.5, 0.6) is 0 Å². The highest BCUT2D eigenvalue weighted by Gasteiger charge is 2.50. The zero-order valence-corrected chi connectivity index (χ0v) is 20.7. The minimum Gasteiger partial charge on any atom is -0.0628 e. The smallest absolute Gasteiger partial charge is 0.0326 e. The molecule has 0 saturated heterocycles. The molecule has 0 saturated carbocycles. The standard InChI is InChI=1S/C32H28Si/c1-18(2)14-25-28-30-26-19(3)32(33-25)31(28)27(29(26)30)24-16-22(20-10-6-4-7-11-20)15-23(17-24)21-12-8-5-9-13-21/h4-13,15-18,25,30,33H,14H2,1-3H3. The van der Waals surface area contributed by atoms with Gasteiger partial charge in [0.05, 0.1) is 0 Å².